The second kappa shape index (κ2) is 8.85. The average Bonchev–Trinajstić information content (AvgIpc) is 3.30. The Morgan fingerprint density at radius 3 is 2.79 bits per heavy atom. The Balaban J connectivity index is 1.17. The molecule has 13 heteroatoms. The van der Waals surface area contributed by atoms with E-state index in [4.69, 9.17) is 28.8 Å². The Labute approximate surface area is 197 Å². The van der Waals surface area contributed by atoms with Gasteiger partial charge in [0.25, 0.3) is 0 Å². The van der Waals surface area contributed by atoms with Crippen LogP contribution in [-0.4, -0.2) is 71.5 Å². The molecule has 6 atom stereocenters. The number of ether oxygens (including phenoxy) is 2. The highest BCUT2D eigenvalue weighted by atomic mass is 31.2. The molecule has 34 heavy (non-hydrogen) atoms. The summed E-state index contributed by atoms with van der Waals surface area (Å²) in [6, 6.07) is 0. The number of hydrogen-bond donors (Lipinski definition) is 3. The number of aliphatic hydroxyl groups is 1. The molecule has 12 nitrogen and oxygen atoms in total. The summed E-state index contributed by atoms with van der Waals surface area (Å²) in [6.07, 6.45) is 4.70. The van der Waals surface area contributed by atoms with Gasteiger partial charge in [-0.25, -0.2) is 4.57 Å². The van der Waals surface area contributed by atoms with Crippen molar-refractivity contribution in [2.45, 2.75) is 88.3 Å². The quantitative estimate of drug-likeness (QED) is 0.335. The molecule has 1 amide bonds. The van der Waals surface area contributed by atoms with Crippen molar-refractivity contribution >= 4 is 19.7 Å². The number of phosphoric ester groups is 1. The number of rotatable bonds is 7. The third-order valence-corrected chi connectivity index (χ3v) is 8.79. The van der Waals surface area contributed by atoms with Crippen molar-refractivity contribution in [1.82, 2.24) is 10.2 Å². The van der Waals surface area contributed by atoms with Gasteiger partial charge < -0.3 is 30.5 Å². The van der Waals surface area contributed by atoms with Gasteiger partial charge in [0.1, 0.15) is 18.3 Å². The highest BCUT2D eigenvalue weighted by molar-refractivity contribution is 7.48. The maximum atomic E-state index is 13.2. The molecule has 3 aliphatic heterocycles. The third kappa shape index (κ3) is 4.53. The summed E-state index contributed by atoms with van der Waals surface area (Å²) in [4.78, 5) is 25.4. The fourth-order valence-corrected chi connectivity index (χ4v) is 6.54. The number of carbonyl (C=O) groups is 2. The second-order valence-electron chi connectivity index (χ2n) is 9.98. The van der Waals surface area contributed by atoms with Crippen LogP contribution in [0.1, 0.15) is 51.9 Å². The Kier molecular flexibility index (Phi) is 6.29. The minimum absolute atomic E-state index is 0.00493. The third-order valence-electron chi connectivity index (χ3n) is 7.34. The van der Waals surface area contributed by atoms with Crippen LogP contribution < -0.4 is 11.1 Å². The number of phosphoric acid groups is 1. The Morgan fingerprint density at radius 1 is 1.38 bits per heavy atom. The molecule has 2 saturated heterocycles. The number of hydrogen-bond acceptors (Lipinski definition) is 11. The van der Waals surface area contributed by atoms with Gasteiger partial charge in [0, 0.05) is 12.3 Å². The number of esters is 1. The van der Waals surface area contributed by atoms with Crippen LogP contribution in [0.2, 0.25) is 0 Å². The van der Waals surface area contributed by atoms with Crippen molar-refractivity contribution in [3.05, 3.63) is 12.3 Å². The molecular weight excluding hydrogens is 469 g/mol. The van der Waals surface area contributed by atoms with Crippen LogP contribution in [0.25, 0.3) is 0 Å². The first-order valence-electron chi connectivity index (χ1n) is 11.8. The van der Waals surface area contributed by atoms with Gasteiger partial charge in [-0.3, -0.25) is 23.2 Å². The van der Waals surface area contributed by atoms with Crippen LogP contribution in [0.3, 0.4) is 0 Å². The highest BCUT2D eigenvalue weighted by Gasteiger charge is 2.60. The zero-order valence-corrected chi connectivity index (χ0v) is 20.0. The van der Waals surface area contributed by atoms with Gasteiger partial charge in [-0.15, -0.1) is 0 Å². The first kappa shape index (κ1) is 24.2. The van der Waals surface area contributed by atoms with Gasteiger partial charge in [0.05, 0.1) is 24.2 Å². The van der Waals surface area contributed by atoms with E-state index in [1.54, 1.807) is 6.92 Å². The summed E-state index contributed by atoms with van der Waals surface area (Å²) in [7, 11) is -3.95. The molecule has 0 radical (unpaired) electrons. The summed E-state index contributed by atoms with van der Waals surface area (Å²) < 4.78 is 41.4. The minimum Gasteiger partial charge on any atom is -0.462 e. The van der Waals surface area contributed by atoms with Gasteiger partial charge in [-0.1, -0.05) is 0 Å². The normalized spacial score (nSPS) is 41.3. The lowest BCUT2D eigenvalue weighted by Crippen LogP contribution is -2.63. The maximum absolute atomic E-state index is 13.2. The predicted octanol–water partition coefficient (Wildman–Crippen LogP) is 0.846. The van der Waals surface area contributed by atoms with Crippen molar-refractivity contribution in [1.29, 1.82) is 0 Å². The molecule has 4 N–H and O–H groups in total. The fourth-order valence-electron chi connectivity index (χ4n) is 5.06. The molecular formula is C21H32N3O9P. The molecule has 0 aromatic rings. The Hall–Kier alpha value is -1.53. The van der Waals surface area contributed by atoms with E-state index >= 15 is 0 Å². The lowest BCUT2D eigenvalue weighted by Gasteiger charge is -2.41. The Morgan fingerprint density at radius 2 is 2.12 bits per heavy atom. The standard InChI is InChI=1S/C21H32N3O9P/c1-20(22)16-14(32-17(20)24-10-6-15(25)23-19(24)27)12-30-34(28,33-16)29-11-9-21(7-8-21)18(26)31-13-4-2-3-5-13/h6,10,13-14,16-17,19,27H,2-5,7-9,11-12,22H2,1H3,(H,23,25)/t14-,16-,17-,19?,20-,34+/m1/s1. The molecule has 2 saturated carbocycles. The molecule has 0 aromatic heterocycles. The molecule has 5 aliphatic rings. The van der Waals surface area contributed by atoms with Crippen molar-refractivity contribution in [2.75, 3.05) is 13.2 Å². The van der Waals surface area contributed by atoms with Crippen molar-refractivity contribution in [3.63, 3.8) is 0 Å². The molecule has 190 valence electrons. The van der Waals surface area contributed by atoms with Crippen molar-refractivity contribution in [2.24, 2.45) is 11.1 Å². The average molecular weight is 501 g/mol. The molecule has 0 aromatic carbocycles. The topological polar surface area (TPSA) is 159 Å². The summed E-state index contributed by atoms with van der Waals surface area (Å²) in [6.45, 7) is 1.58. The van der Waals surface area contributed by atoms with Crippen molar-refractivity contribution in [3.8, 4) is 0 Å². The SMILES string of the molecule is C[C@@]1(N)[C@@H]2O[P@@](=O)(OCCC3(C(=O)OC4CCCC4)CC3)OC[C@H]2O[C@H]1N1C=CC(=O)NC1O. The summed E-state index contributed by atoms with van der Waals surface area (Å²) >= 11 is 0. The summed E-state index contributed by atoms with van der Waals surface area (Å²) in [5, 5.41) is 12.6. The van der Waals surface area contributed by atoms with E-state index in [0.29, 0.717) is 6.42 Å². The predicted molar refractivity (Wildman–Crippen MR) is 115 cm³/mol. The van der Waals surface area contributed by atoms with Crippen molar-refractivity contribution < 1.29 is 42.3 Å². The largest absolute Gasteiger partial charge is 0.475 e. The summed E-state index contributed by atoms with van der Waals surface area (Å²) in [5.41, 5.74) is 4.71. The van der Waals surface area contributed by atoms with Crippen LogP contribution in [0.4, 0.5) is 0 Å². The number of nitrogens with one attached hydrogen (secondary N) is 1. The molecule has 4 fully saturated rings. The lowest BCUT2D eigenvalue weighted by atomic mass is 9.93. The maximum Gasteiger partial charge on any atom is 0.475 e. The van der Waals surface area contributed by atoms with E-state index in [0.717, 1.165) is 38.5 Å². The first-order chi connectivity index (χ1) is 16.1. The molecule has 0 bridgehead atoms. The molecule has 1 unspecified atom stereocenters. The van der Waals surface area contributed by atoms with Gasteiger partial charge in [-0.2, -0.15) is 0 Å². The van der Waals surface area contributed by atoms with Crippen LogP contribution in [0.15, 0.2) is 12.3 Å². The molecule has 5 rings (SSSR count). The van der Waals surface area contributed by atoms with E-state index in [1.165, 1.54) is 17.2 Å². The van der Waals surface area contributed by atoms with Gasteiger partial charge in [0.15, 0.2) is 6.23 Å². The molecule has 0 spiro atoms. The molecule has 2 aliphatic carbocycles. The zero-order valence-electron chi connectivity index (χ0n) is 19.1. The number of amides is 1. The van der Waals surface area contributed by atoms with E-state index in [-0.39, 0.29) is 25.3 Å². The second-order valence-corrected chi connectivity index (χ2v) is 11.6. The van der Waals surface area contributed by atoms with E-state index in [1.807, 2.05) is 0 Å². The van der Waals surface area contributed by atoms with Crippen LogP contribution in [-0.2, 0) is 37.2 Å². The summed E-state index contributed by atoms with van der Waals surface area (Å²) in [5.74, 6) is -0.649. The molecule has 3 heterocycles. The van der Waals surface area contributed by atoms with Crippen LogP contribution >= 0.6 is 7.82 Å². The smallest absolute Gasteiger partial charge is 0.462 e. The number of nitrogens with zero attached hydrogens (tertiary/aromatic N) is 1. The van der Waals surface area contributed by atoms with E-state index in [9.17, 15) is 19.3 Å². The minimum atomic E-state index is -3.95. The number of carbonyl (C=O) groups excluding carboxylic acids is 2. The number of nitrogens with two attached hydrogens (primary N) is 1. The number of fused-ring (bicyclic) bond motifs is 1. The monoisotopic (exact) mass is 501 g/mol. The zero-order chi connectivity index (χ0) is 24.1. The first-order valence-corrected chi connectivity index (χ1v) is 13.3. The highest BCUT2D eigenvalue weighted by Crippen LogP contribution is 2.58. The van der Waals surface area contributed by atoms with Crippen LogP contribution in [0.5, 0.6) is 0 Å². The Bertz CT molecular complexity index is 902. The lowest BCUT2D eigenvalue weighted by molar-refractivity contribution is -0.156. The van der Waals surface area contributed by atoms with E-state index in [2.05, 4.69) is 5.32 Å². The van der Waals surface area contributed by atoms with Gasteiger partial charge >= 0.3 is 13.8 Å². The van der Waals surface area contributed by atoms with Gasteiger partial charge in [-0.05, 0) is 51.9 Å². The number of aliphatic hydroxyl groups excluding tert-OH is 1. The van der Waals surface area contributed by atoms with Crippen LogP contribution in [0, 0.1) is 5.41 Å². The van der Waals surface area contributed by atoms with E-state index < -0.39 is 49.5 Å². The van der Waals surface area contributed by atoms with Gasteiger partial charge in [0.2, 0.25) is 12.3 Å². The fraction of sp³-hybridized carbons (Fsp3) is 0.810.